The molecule has 146 valence electrons. The molecule has 0 saturated carbocycles. The zero-order valence-corrected chi connectivity index (χ0v) is 16.3. The quantitative estimate of drug-likeness (QED) is 0.427. The maximum atomic E-state index is 13.1. The van der Waals surface area contributed by atoms with Crippen LogP contribution >= 0.6 is 11.8 Å². The lowest BCUT2D eigenvalue weighted by Crippen LogP contribution is -2.37. The van der Waals surface area contributed by atoms with Gasteiger partial charge in [-0.3, -0.25) is 19.1 Å². The Kier molecular flexibility index (Phi) is 5.30. The zero-order valence-electron chi connectivity index (χ0n) is 15.5. The van der Waals surface area contributed by atoms with E-state index in [1.165, 1.54) is 18.0 Å². The molecular formula is C20H18N6O2S. The number of aromatic amines is 1. The van der Waals surface area contributed by atoms with E-state index in [2.05, 4.69) is 25.8 Å². The molecule has 3 aromatic heterocycles. The lowest BCUT2D eigenvalue weighted by atomic mass is 10.1. The van der Waals surface area contributed by atoms with Crippen molar-refractivity contribution in [3.05, 3.63) is 78.2 Å². The van der Waals surface area contributed by atoms with Crippen LogP contribution in [0, 0.1) is 0 Å². The smallest absolute Gasteiger partial charge is 0.273 e. The number of aromatic nitrogens is 4. The SMILES string of the molecule is CSc1nc(C(=O)NC(C(=O)Nc2ccn[nH]2)c2ccccc2)c2ccccn12. The summed E-state index contributed by atoms with van der Waals surface area (Å²) in [5.41, 5.74) is 1.60. The van der Waals surface area contributed by atoms with E-state index in [-0.39, 0.29) is 11.6 Å². The van der Waals surface area contributed by atoms with Crippen molar-refractivity contribution < 1.29 is 9.59 Å². The number of imidazole rings is 1. The van der Waals surface area contributed by atoms with Crippen LogP contribution in [0.4, 0.5) is 5.82 Å². The fourth-order valence-corrected chi connectivity index (χ4v) is 3.53. The second-order valence-corrected chi connectivity index (χ2v) is 6.95. The first kappa shape index (κ1) is 18.8. The lowest BCUT2D eigenvalue weighted by Gasteiger charge is -2.18. The molecule has 3 N–H and O–H groups in total. The van der Waals surface area contributed by atoms with Gasteiger partial charge in [-0.1, -0.05) is 48.2 Å². The largest absolute Gasteiger partial charge is 0.335 e. The highest BCUT2D eigenvalue weighted by atomic mass is 32.2. The topological polar surface area (TPSA) is 104 Å². The second-order valence-electron chi connectivity index (χ2n) is 6.18. The summed E-state index contributed by atoms with van der Waals surface area (Å²) >= 11 is 1.44. The van der Waals surface area contributed by atoms with E-state index >= 15 is 0 Å². The monoisotopic (exact) mass is 406 g/mol. The number of carbonyl (C=O) groups excluding carboxylic acids is 2. The van der Waals surface area contributed by atoms with Crippen molar-refractivity contribution in [3.8, 4) is 0 Å². The van der Waals surface area contributed by atoms with Gasteiger partial charge in [-0.15, -0.1) is 0 Å². The van der Waals surface area contributed by atoms with Crippen LogP contribution in [0.25, 0.3) is 5.52 Å². The number of H-pyrrole nitrogens is 1. The molecule has 0 spiro atoms. The summed E-state index contributed by atoms with van der Waals surface area (Å²) < 4.78 is 1.85. The summed E-state index contributed by atoms with van der Waals surface area (Å²) in [6.07, 6.45) is 5.28. The third-order valence-corrected chi connectivity index (χ3v) is 5.00. The number of amides is 2. The van der Waals surface area contributed by atoms with E-state index in [9.17, 15) is 9.59 Å². The van der Waals surface area contributed by atoms with Crippen LogP contribution in [0.3, 0.4) is 0 Å². The second kappa shape index (κ2) is 8.19. The first-order valence-electron chi connectivity index (χ1n) is 8.84. The molecule has 2 amide bonds. The van der Waals surface area contributed by atoms with E-state index in [0.717, 1.165) is 0 Å². The Morgan fingerprint density at radius 2 is 1.90 bits per heavy atom. The maximum absolute atomic E-state index is 13.1. The molecule has 1 unspecified atom stereocenters. The molecule has 0 aliphatic heterocycles. The summed E-state index contributed by atoms with van der Waals surface area (Å²) in [6, 6.07) is 15.3. The number of fused-ring (bicyclic) bond motifs is 1. The molecule has 0 saturated heterocycles. The van der Waals surface area contributed by atoms with E-state index in [1.54, 1.807) is 18.2 Å². The zero-order chi connectivity index (χ0) is 20.2. The first-order valence-corrected chi connectivity index (χ1v) is 10.1. The number of pyridine rings is 1. The predicted octanol–water partition coefficient (Wildman–Crippen LogP) is 2.89. The molecule has 0 aliphatic carbocycles. The number of carbonyl (C=O) groups is 2. The third-order valence-electron chi connectivity index (χ3n) is 4.34. The van der Waals surface area contributed by atoms with Crippen LogP contribution in [0.15, 0.2) is 72.1 Å². The normalized spacial score (nSPS) is 11.9. The molecule has 0 radical (unpaired) electrons. The standard InChI is InChI=1S/C20H18N6O2S/c1-29-20-24-17(14-9-5-6-12-26(14)20)19(28)23-16(13-7-3-2-4-8-13)18(27)22-15-10-11-21-25-15/h2-12,16H,1H3,(H,23,28)(H2,21,22,25,27). The molecule has 29 heavy (non-hydrogen) atoms. The minimum absolute atomic E-state index is 0.269. The average Bonchev–Trinajstić information content (AvgIpc) is 3.40. The molecular weight excluding hydrogens is 388 g/mol. The molecule has 3 heterocycles. The molecule has 4 rings (SSSR count). The molecule has 0 bridgehead atoms. The van der Waals surface area contributed by atoms with E-state index < -0.39 is 11.9 Å². The number of benzene rings is 1. The van der Waals surface area contributed by atoms with Gasteiger partial charge < -0.3 is 10.6 Å². The van der Waals surface area contributed by atoms with E-state index in [0.29, 0.717) is 22.1 Å². The Bertz CT molecular complexity index is 1140. The van der Waals surface area contributed by atoms with Crippen molar-refractivity contribution in [2.24, 2.45) is 0 Å². The minimum Gasteiger partial charge on any atom is -0.335 e. The molecule has 8 nitrogen and oxygen atoms in total. The van der Waals surface area contributed by atoms with Gasteiger partial charge in [-0.25, -0.2) is 4.98 Å². The van der Waals surface area contributed by atoms with Crippen molar-refractivity contribution in [1.29, 1.82) is 0 Å². The number of rotatable bonds is 6. The molecule has 4 aromatic rings. The molecule has 0 aliphatic rings. The van der Waals surface area contributed by atoms with Crippen molar-refractivity contribution in [3.63, 3.8) is 0 Å². The average molecular weight is 406 g/mol. The minimum atomic E-state index is -0.898. The highest BCUT2D eigenvalue weighted by Crippen LogP contribution is 2.21. The van der Waals surface area contributed by atoms with Gasteiger partial charge >= 0.3 is 0 Å². The number of thioether (sulfide) groups is 1. The molecule has 9 heteroatoms. The maximum Gasteiger partial charge on any atom is 0.273 e. The van der Waals surface area contributed by atoms with Crippen LogP contribution in [0.2, 0.25) is 0 Å². The van der Waals surface area contributed by atoms with Gasteiger partial charge in [0.2, 0.25) is 0 Å². The Balaban J connectivity index is 1.66. The van der Waals surface area contributed by atoms with Gasteiger partial charge in [0, 0.05) is 12.3 Å². The van der Waals surface area contributed by atoms with Crippen molar-refractivity contribution in [2.75, 3.05) is 11.6 Å². The van der Waals surface area contributed by atoms with Gasteiger partial charge in [-0.05, 0) is 24.0 Å². The summed E-state index contributed by atoms with van der Waals surface area (Å²) in [7, 11) is 0. The Labute approximate surface area is 170 Å². The van der Waals surface area contributed by atoms with E-state index in [4.69, 9.17) is 0 Å². The van der Waals surface area contributed by atoms with Crippen molar-refractivity contribution in [2.45, 2.75) is 11.2 Å². The lowest BCUT2D eigenvalue weighted by molar-refractivity contribution is -0.118. The number of anilines is 1. The Hall–Kier alpha value is -3.59. The number of hydrogen-bond donors (Lipinski definition) is 3. The fraction of sp³-hybridized carbons (Fsp3) is 0.100. The summed E-state index contributed by atoms with van der Waals surface area (Å²) in [6.45, 7) is 0. The molecule has 1 aromatic carbocycles. The fourth-order valence-electron chi connectivity index (χ4n) is 3.00. The van der Waals surface area contributed by atoms with Gasteiger partial charge in [0.25, 0.3) is 11.8 Å². The molecule has 1 atom stereocenters. The van der Waals surface area contributed by atoms with E-state index in [1.807, 2.05) is 53.3 Å². The number of hydrogen-bond acceptors (Lipinski definition) is 5. The Morgan fingerprint density at radius 1 is 1.10 bits per heavy atom. The van der Waals surface area contributed by atoms with Crippen LogP contribution < -0.4 is 10.6 Å². The first-order chi connectivity index (χ1) is 14.2. The highest BCUT2D eigenvalue weighted by Gasteiger charge is 2.26. The van der Waals surface area contributed by atoms with Crippen LogP contribution in [0.1, 0.15) is 22.1 Å². The summed E-state index contributed by atoms with van der Waals surface area (Å²) in [4.78, 5) is 30.4. The van der Waals surface area contributed by atoms with Crippen molar-refractivity contribution in [1.82, 2.24) is 24.9 Å². The van der Waals surface area contributed by atoms with Crippen LogP contribution in [-0.2, 0) is 4.79 Å². The summed E-state index contributed by atoms with van der Waals surface area (Å²) in [5, 5.41) is 12.7. The predicted molar refractivity (Wildman–Crippen MR) is 111 cm³/mol. The van der Waals surface area contributed by atoms with Crippen LogP contribution in [0.5, 0.6) is 0 Å². The number of nitrogens with one attached hydrogen (secondary N) is 3. The summed E-state index contributed by atoms with van der Waals surface area (Å²) in [5.74, 6) is -0.368. The van der Waals surface area contributed by atoms with Crippen LogP contribution in [-0.4, -0.2) is 37.7 Å². The van der Waals surface area contributed by atoms with Gasteiger partial charge in [0.05, 0.1) is 11.7 Å². The van der Waals surface area contributed by atoms with Gasteiger partial charge in [-0.2, -0.15) is 5.10 Å². The third kappa shape index (κ3) is 3.85. The van der Waals surface area contributed by atoms with Gasteiger partial charge in [0.1, 0.15) is 11.9 Å². The number of nitrogens with zero attached hydrogens (tertiary/aromatic N) is 3. The van der Waals surface area contributed by atoms with Crippen molar-refractivity contribution >= 4 is 34.9 Å². The molecule has 0 fully saturated rings. The van der Waals surface area contributed by atoms with Gasteiger partial charge in [0.15, 0.2) is 10.9 Å². The highest BCUT2D eigenvalue weighted by molar-refractivity contribution is 7.98. The Morgan fingerprint density at radius 3 is 2.62 bits per heavy atom.